The Balaban J connectivity index is 2.23. The maximum Gasteiger partial charge on any atom is 0.254 e. The van der Waals surface area contributed by atoms with E-state index in [0.29, 0.717) is 13.0 Å². The SMILES string of the molecule is FC(F)[C@H]1Cc2ccc(Br)cc2CN1. The molecule has 4 heteroatoms. The van der Waals surface area contributed by atoms with Crippen LogP contribution in [0.4, 0.5) is 8.78 Å². The highest BCUT2D eigenvalue weighted by atomic mass is 79.9. The summed E-state index contributed by atoms with van der Waals surface area (Å²) in [6.07, 6.45) is -1.87. The molecule has 1 atom stereocenters. The summed E-state index contributed by atoms with van der Waals surface area (Å²) in [5.74, 6) is 0. The van der Waals surface area contributed by atoms with Crippen LogP contribution in [0.5, 0.6) is 0 Å². The average molecular weight is 262 g/mol. The van der Waals surface area contributed by atoms with Crippen LogP contribution in [0, 0.1) is 0 Å². The van der Waals surface area contributed by atoms with Crippen molar-refractivity contribution in [1.82, 2.24) is 5.32 Å². The molecule has 1 heterocycles. The molecule has 1 aromatic carbocycles. The molecular weight excluding hydrogens is 252 g/mol. The van der Waals surface area contributed by atoms with Gasteiger partial charge in [0, 0.05) is 11.0 Å². The Morgan fingerprint density at radius 2 is 2.14 bits per heavy atom. The van der Waals surface area contributed by atoms with Crippen molar-refractivity contribution in [3.8, 4) is 0 Å². The van der Waals surface area contributed by atoms with Gasteiger partial charge in [-0.1, -0.05) is 22.0 Å². The predicted molar refractivity (Wildman–Crippen MR) is 54.5 cm³/mol. The summed E-state index contributed by atoms with van der Waals surface area (Å²) in [6.45, 7) is 0.532. The van der Waals surface area contributed by atoms with Crippen molar-refractivity contribution in [3.05, 3.63) is 33.8 Å². The zero-order valence-electron chi connectivity index (χ0n) is 7.43. The molecule has 0 aromatic heterocycles. The van der Waals surface area contributed by atoms with Crippen LogP contribution in [0.15, 0.2) is 22.7 Å². The second-order valence-electron chi connectivity index (χ2n) is 3.44. The molecule has 1 aliphatic rings. The Morgan fingerprint density at radius 3 is 2.86 bits per heavy atom. The second-order valence-corrected chi connectivity index (χ2v) is 4.35. The molecule has 76 valence electrons. The molecular formula is C10H10BrF2N. The van der Waals surface area contributed by atoms with Crippen molar-refractivity contribution in [2.45, 2.75) is 25.4 Å². The summed E-state index contributed by atoms with van der Waals surface area (Å²) in [7, 11) is 0. The third-order valence-corrected chi connectivity index (χ3v) is 2.96. The van der Waals surface area contributed by atoms with Crippen molar-refractivity contribution >= 4 is 15.9 Å². The van der Waals surface area contributed by atoms with Gasteiger partial charge in [0.2, 0.25) is 0 Å². The molecule has 0 aliphatic carbocycles. The zero-order chi connectivity index (χ0) is 10.1. The lowest BCUT2D eigenvalue weighted by Gasteiger charge is -2.25. The molecule has 0 radical (unpaired) electrons. The number of fused-ring (bicyclic) bond motifs is 1. The van der Waals surface area contributed by atoms with Crippen molar-refractivity contribution in [1.29, 1.82) is 0 Å². The molecule has 0 saturated heterocycles. The van der Waals surface area contributed by atoms with Crippen molar-refractivity contribution < 1.29 is 8.78 Å². The lowest BCUT2D eigenvalue weighted by Crippen LogP contribution is -2.40. The van der Waals surface area contributed by atoms with Crippen LogP contribution in [0.2, 0.25) is 0 Å². The first-order valence-corrected chi connectivity index (χ1v) is 5.25. The molecule has 0 fully saturated rings. The van der Waals surface area contributed by atoms with E-state index in [1.165, 1.54) is 0 Å². The van der Waals surface area contributed by atoms with Crippen LogP contribution in [0.1, 0.15) is 11.1 Å². The van der Waals surface area contributed by atoms with Gasteiger partial charge >= 0.3 is 0 Å². The van der Waals surface area contributed by atoms with Crippen LogP contribution in [-0.4, -0.2) is 12.5 Å². The number of rotatable bonds is 1. The van der Waals surface area contributed by atoms with Gasteiger partial charge in [0.1, 0.15) is 0 Å². The summed E-state index contributed by atoms with van der Waals surface area (Å²) < 4.78 is 25.8. The number of halogens is 3. The minimum Gasteiger partial charge on any atom is -0.304 e. The topological polar surface area (TPSA) is 12.0 Å². The van der Waals surface area contributed by atoms with E-state index in [9.17, 15) is 8.78 Å². The van der Waals surface area contributed by atoms with Crippen LogP contribution >= 0.6 is 15.9 Å². The van der Waals surface area contributed by atoms with Gasteiger partial charge in [-0.25, -0.2) is 8.78 Å². The van der Waals surface area contributed by atoms with Gasteiger partial charge in [0.25, 0.3) is 6.43 Å². The van der Waals surface area contributed by atoms with E-state index in [2.05, 4.69) is 21.2 Å². The van der Waals surface area contributed by atoms with Crippen LogP contribution in [0.3, 0.4) is 0 Å². The van der Waals surface area contributed by atoms with Crippen molar-refractivity contribution in [2.75, 3.05) is 0 Å². The van der Waals surface area contributed by atoms with Gasteiger partial charge in [-0.3, -0.25) is 0 Å². The Bertz CT molecular complexity index is 341. The van der Waals surface area contributed by atoms with E-state index < -0.39 is 12.5 Å². The summed E-state index contributed by atoms with van der Waals surface area (Å²) in [5, 5.41) is 2.83. The van der Waals surface area contributed by atoms with Crippen LogP contribution in [-0.2, 0) is 13.0 Å². The molecule has 1 aliphatic heterocycles. The molecule has 1 N–H and O–H groups in total. The molecule has 2 rings (SSSR count). The smallest absolute Gasteiger partial charge is 0.254 e. The van der Waals surface area contributed by atoms with E-state index in [1.807, 2.05) is 18.2 Å². The van der Waals surface area contributed by atoms with E-state index in [-0.39, 0.29) is 0 Å². The highest BCUT2D eigenvalue weighted by molar-refractivity contribution is 9.10. The normalized spacial score (nSPS) is 21.0. The molecule has 14 heavy (non-hydrogen) atoms. The van der Waals surface area contributed by atoms with Crippen molar-refractivity contribution in [3.63, 3.8) is 0 Å². The highest BCUT2D eigenvalue weighted by Gasteiger charge is 2.25. The maximum atomic E-state index is 12.4. The number of hydrogen-bond acceptors (Lipinski definition) is 1. The average Bonchev–Trinajstić information content (AvgIpc) is 2.16. The largest absolute Gasteiger partial charge is 0.304 e. The molecule has 0 unspecified atom stereocenters. The van der Waals surface area contributed by atoms with Crippen molar-refractivity contribution in [2.24, 2.45) is 0 Å². The molecule has 1 nitrogen and oxygen atoms in total. The molecule has 1 aromatic rings. The highest BCUT2D eigenvalue weighted by Crippen LogP contribution is 2.23. The Labute approximate surface area is 89.6 Å². The third kappa shape index (κ3) is 1.96. The number of hydrogen-bond donors (Lipinski definition) is 1. The van der Waals surface area contributed by atoms with E-state index in [0.717, 1.165) is 15.6 Å². The first kappa shape index (κ1) is 10.1. The number of benzene rings is 1. The van der Waals surface area contributed by atoms with Crippen LogP contribution < -0.4 is 5.32 Å². The van der Waals surface area contributed by atoms with Gasteiger partial charge in [-0.15, -0.1) is 0 Å². The second kappa shape index (κ2) is 3.95. The number of nitrogens with one attached hydrogen (secondary N) is 1. The maximum absolute atomic E-state index is 12.4. The Kier molecular flexibility index (Phi) is 2.83. The lowest BCUT2D eigenvalue weighted by molar-refractivity contribution is 0.0942. The fraction of sp³-hybridized carbons (Fsp3) is 0.400. The summed E-state index contributed by atoms with van der Waals surface area (Å²) in [5.41, 5.74) is 2.13. The van der Waals surface area contributed by atoms with Crippen LogP contribution in [0.25, 0.3) is 0 Å². The first-order chi connectivity index (χ1) is 6.66. The molecule has 0 amide bonds. The fourth-order valence-corrected chi connectivity index (χ4v) is 2.10. The Hall–Kier alpha value is -0.480. The minimum absolute atomic E-state index is 0.417. The number of alkyl halides is 2. The zero-order valence-corrected chi connectivity index (χ0v) is 9.02. The summed E-state index contributed by atoms with van der Waals surface area (Å²) in [6, 6.07) is 5.09. The van der Waals surface area contributed by atoms with Gasteiger partial charge in [-0.05, 0) is 29.7 Å². The predicted octanol–water partition coefficient (Wildman–Crippen LogP) is 2.73. The van der Waals surface area contributed by atoms with Gasteiger partial charge in [0.15, 0.2) is 0 Å². The fourth-order valence-electron chi connectivity index (χ4n) is 1.69. The van der Waals surface area contributed by atoms with E-state index in [4.69, 9.17) is 0 Å². The van der Waals surface area contributed by atoms with E-state index in [1.54, 1.807) is 0 Å². The molecule has 0 saturated carbocycles. The Morgan fingerprint density at radius 1 is 1.36 bits per heavy atom. The lowest BCUT2D eigenvalue weighted by atomic mass is 9.96. The minimum atomic E-state index is -2.29. The third-order valence-electron chi connectivity index (χ3n) is 2.47. The molecule has 0 bridgehead atoms. The summed E-state index contributed by atoms with van der Waals surface area (Å²) in [4.78, 5) is 0. The quantitative estimate of drug-likeness (QED) is 0.820. The monoisotopic (exact) mass is 261 g/mol. The molecule has 0 spiro atoms. The van der Waals surface area contributed by atoms with Gasteiger partial charge < -0.3 is 5.32 Å². The standard InChI is InChI=1S/C10H10BrF2N/c11-8-2-1-6-4-9(10(12)13)14-5-7(6)3-8/h1-3,9-10,14H,4-5H2/t9-/m1/s1. The summed E-state index contributed by atoms with van der Waals surface area (Å²) >= 11 is 3.36. The van der Waals surface area contributed by atoms with Gasteiger partial charge in [0.05, 0.1) is 6.04 Å². The first-order valence-electron chi connectivity index (χ1n) is 4.45. The van der Waals surface area contributed by atoms with E-state index >= 15 is 0 Å². The van der Waals surface area contributed by atoms with Gasteiger partial charge in [-0.2, -0.15) is 0 Å².